The van der Waals surface area contributed by atoms with E-state index in [0.29, 0.717) is 13.2 Å². The average Bonchev–Trinajstić information content (AvgIpc) is 3.01. The van der Waals surface area contributed by atoms with Crippen molar-refractivity contribution in [2.75, 3.05) is 20.2 Å². The minimum atomic E-state index is -0.483. The standard InChI is InChI=1S/C23H29N3O2/c1-18-15-19(2)26(24-18)13-14-28-22-11-9-20(10-12-22)16-25(3)17-23(27)21-7-5-4-6-8-21/h4-12,15,23,27H,13-14,16-17H2,1-3H3. The van der Waals surface area contributed by atoms with E-state index >= 15 is 0 Å². The molecule has 1 N–H and O–H groups in total. The fourth-order valence-corrected chi connectivity index (χ4v) is 3.29. The van der Waals surface area contributed by atoms with E-state index < -0.39 is 6.10 Å². The molecule has 5 heteroatoms. The maximum Gasteiger partial charge on any atom is 0.119 e. The van der Waals surface area contributed by atoms with Crippen LogP contribution in [0.5, 0.6) is 5.75 Å². The molecule has 0 amide bonds. The molecule has 0 bridgehead atoms. The van der Waals surface area contributed by atoms with Crippen LogP contribution in [0.3, 0.4) is 0 Å². The lowest BCUT2D eigenvalue weighted by molar-refractivity contribution is 0.124. The third kappa shape index (κ3) is 5.68. The molecule has 0 fully saturated rings. The van der Waals surface area contributed by atoms with E-state index in [-0.39, 0.29) is 0 Å². The van der Waals surface area contributed by atoms with Crippen molar-refractivity contribution in [3.63, 3.8) is 0 Å². The van der Waals surface area contributed by atoms with E-state index in [0.717, 1.165) is 35.8 Å². The zero-order valence-electron chi connectivity index (χ0n) is 16.9. The van der Waals surface area contributed by atoms with Crippen molar-refractivity contribution in [1.29, 1.82) is 0 Å². The molecule has 0 aliphatic carbocycles. The Balaban J connectivity index is 1.45. The first-order valence-corrected chi connectivity index (χ1v) is 9.65. The zero-order valence-corrected chi connectivity index (χ0v) is 16.9. The van der Waals surface area contributed by atoms with E-state index in [9.17, 15) is 5.11 Å². The molecule has 148 valence electrons. The molecule has 5 nitrogen and oxygen atoms in total. The zero-order chi connectivity index (χ0) is 19.9. The molecule has 0 aliphatic heterocycles. The van der Waals surface area contributed by atoms with Gasteiger partial charge in [0.2, 0.25) is 0 Å². The van der Waals surface area contributed by atoms with Crippen LogP contribution in [0, 0.1) is 13.8 Å². The van der Waals surface area contributed by atoms with E-state index in [4.69, 9.17) is 4.74 Å². The molecular weight excluding hydrogens is 350 g/mol. The molecule has 1 aromatic heterocycles. The Bertz CT molecular complexity index is 859. The molecular formula is C23H29N3O2. The average molecular weight is 380 g/mol. The molecule has 0 radical (unpaired) electrons. The monoisotopic (exact) mass is 379 g/mol. The first-order chi connectivity index (χ1) is 13.5. The van der Waals surface area contributed by atoms with E-state index in [1.54, 1.807) is 0 Å². The molecule has 2 aromatic carbocycles. The van der Waals surface area contributed by atoms with E-state index in [1.807, 2.05) is 61.1 Å². The second kappa shape index (κ2) is 9.53. The summed E-state index contributed by atoms with van der Waals surface area (Å²) >= 11 is 0. The van der Waals surface area contributed by atoms with Gasteiger partial charge in [-0.05, 0) is 50.2 Å². The Kier molecular flexibility index (Phi) is 6.85. The van der Waals surface area contributed by atoms with Gasteiger partial charge < -0.3 is 9.84 Å². The fourth-order valence-electron chi connectivity index (χ4n) is 3.29. The minimum absolute atomic E-state index is 0.483. The lowest BCUT2D eigenvalue weighted by Crippen LogP contribution is -2.24. The second-order valence-electron chi connectivity index (χ2n) is 7.27. The van der Waals surface area contributed by atoms with Gasteiger partial charge in [0, 0.05) is 18.8 Å². The van der Waals surface area contributed by atoms with Crippen LogP contribution in [0.25, 0.3) is 0 Å². The van der Waals surface area contributed by atoms with Crippen LogP contribution in [0.1, 0.15) is 28.6 Å². The van der Waals surface area contributed by atoms with Gasteiger partial charge in [-0.15, -0.1) is 0 Å². The summed E-state index contributed by atoms with van der Waals surface area (Å²) in [6.45, 7) is 6.74. The number of aryl methyl sites for hydroxylation is 2. The normalized spacial score (nSPS) is 12.3. The summed E-state index contributed by atoms with van der Waals surface area (Å²) in [5, 5.41) is 14.8. The molecule has 1 unspecified atom stereocenters. The Hall–Kier alpha value is -2.63. The molecule has 1 atom stereocenters. The van der Waals surface area contributed by atoms with Crippen LogP contribution in [0.4, 0.5) is 0 Å². The number of hydrogen-bond donors (Lipinski definition) is 1. The van der Waals surface area contributed by atoms with Gasteiger partial charge in [-0.3, -0.25) is 9.58 Å². The highest BCUT2D eigenvalue weighted by molar-refractivity contribution is 5.27. The lowest BCUT2D eigenvalue weighted by Gasteiger charge is -2.21. The number of nitrogens with zero attached hydrogens (tertiary/aromatic N) is 3. The van der Waals surface area contributed by atoms with Crippen molar-refractivity contribution in [3.8, 4) is 5.75 Å². The van der Waals surface area contributed by atoms with Gasteiger partial charge in [-0.25, -0.2) is 0 Å². The number of aliphatic hydroxyl groups excluding tert-OH is 1. The van der Waals surface area contributed by atoms with Gasteiger partial charge in [-0.1, -0.05) is 42.5 Å². The molecule has 0 saturated carbocycles. The predicted molar refractivity (Wildman–Crippen MR) is 111 cm³/mol. The number of benzene rings is 2. The van der Waals surface area contributed by atoms with Crippen LogP contribution in [0.15, 0.2) is 60.7 Å². The smallest absolute Gasteiger partial charge is 0.119 e. The maximum absolute atomic E-state index is 10.4. The summed E-state index contributed by atoms with van der Waals surface area (Å²) in [5.74, 6) is 0.859. The summed E-state index contributed by atoms with van der Waals surface area (Å²) < 4.78 is 7.81. The highest BCUT2D eigenvalue weighted by Gasteiger charge is 2.10. The van der Waals surface area contributed by atoms with Crippen molar-refractivity contribution in [1.82, 2.24) is 14.7 Å². The van der Waals surface area contributed by atoms with Crippen molar-refractivity contribution in [2.24, 2.45) is 0 Å². The third-order valence-corrected chi connectivity index (χ3v) is 4.72. The molecule has 3 rings (SSSR count). The summed E-state index contributed by atoms with van der Waals surface area (Å²) in [4.78, 5) is 2.12. The largest absolute Gasteiger partial charge is 0.492 e. The lowest BCUT2D eigenvalue weighted by atomic mass is 10.1. The first-order valence-electron chi connectivity index (χ1n) is 9.65. The predicted octanol–water partition coefficient (Wildman–Crippen LogP) is 3.74. The van der Waals surface area contributed by atoms with Gasteiger partial charge in [-0.2, -0.15) is 5.10 Å². The Labute approximate surface area is 167 Å². The summed E-state index contributed by atoms with van der Waals surface area (Å²) in [5.41, 5.74) is 4.31. The number of likely N-dealkylation sites (N-methyl/N-ethyl adjacent to an activating group) is 1. The van der Waals surface area contributed by atoms with Crippen molar-refractivity contribution < 1.29 is 9.84 Å². The SMILES string of the molecule is Cc1cc(C)n(CCOc2ccc(CN(C)CC(O)c3ccccc3)cc2)n1. The van der Waals surface area contributed by atoms with Gasteiger partial charge in [0.25, 0.3) is 0 Å². The third-order valence-electron chi connectivity index (χ3n) is 4.72. The topological polar surface area (TPSA) is 50.5 Å². The van der Waals surface area contributed by atoms with Gasteiger partial charge in [0.15, 0.2) is 0 Å². The van der Waals surface area contributed by atoms with Crippen LogP contribution in [0.2, 0.25) is 0 Å². The van der Waals surface area contributed by atoms with Crippen LogP contribution in [-0.2, 0) is 13.1 Å². The van der Waals surface area contributed by atoms with Crippen LogP contribution >= 0.6 is 0 Å². The van der Waals surface area contributed by atoms with E-state index in [2.05, 4.69) is 35.1 Å². The molecule has 0 saturated heterocycles. The van der Waals surface area contributed by atoms with Gasteiger partial charge in [0.05, 0.1) is 18.3 Å². The van der Waals surface area contributed by atoms with Gasteiger partial charge >= 0.3 is 0 Å². The fraction of sp³-hybridized carbons (Fsp3) is 0.348. The summed E-state index contributed by atoms with van der Waals surface area (Å²) in [7, 11) is 2.02. The summed E-state index contributed by atoms with van der Waals surface area (Å²) in [6.07, 6.45) is -0.483. The number of rotatable bonds is 9. The van der Waals surface area contributed by atoms with E-state index in [1.165, 1.54) is 5.56 Å². The van der Waals surface area contributed by atoms with Crippen molar-refractivity contribution >= 4 is 0 Å². The van der Waals surface area contributed by atoms with Crippen LogP contribution < -0.4 is 4.74 Å². The highest BCUT2D eigenvalue weighted by atomic mass is 16.5. The molecule has 28 heavy (non-hydrogen) atoms. The maximum atomic E-state index is 10.4. The number of aliphatic hydroxyl groups is 1. The van der Waals surface area contributed by atoms with Crippen LogP contribution in [-0.4, -0.2) is 40.0 Å². The Morgan fingerprint density at radius 2 is 1.79 bits per heavy atom. The van der Waals surface area contributed by atoms with Gasteiger partial charge in [0.1, 0.15) is 12.4 Å². The second-order valence-corrected chi connectivity index (χ2v) is 7.27. The molecule has 1 heterocycles. The minimum Gasteiger partial charge on any atom is -0.492 e. The number of aromatic nitrogens is 2. The Morgan fingerprint density at radius 1 is 1.07 bits per heavy atom. The highest BCUT2D eigenvalue weighted by Crippen LogP contribution is 2.17. The first kappa shape index (κ1) is 20.1. The molecule has 0 spiro atoms. The quantitative estimate of drug-likeness (QED) is 0.615. The summed E-state index contributed by atoms with van der Waals surface area (Å²) in [6, 6.07) is 20.0. The molecule has 3 aromatic rings. The number of ether oxygens (including phenoxy) is 1. The van der Waals surface area contributed by atoms with Crippen molar-refractivity contribution in [2.45, 2.75) is 33.0 Å². The molecule has 0 aliphatic rings. The number of hydrogen-bond acceptors (Lipinski definition) is 4. The Morgan fingerprint density at radius 3 is 2.43 bits per heavy atom. The van der Waals surface area contributed by atoms with Crippen molar-refractivity contribution in [3.05, 3.63) is 83.2 Å².